The molecular weight excluding hydrogens is 328 g/mol. The van der Waals surface area contributed by atoms with Crippen LogP contribution in [0.2, 0.25) is 5.02 Å². The Morgan fingerprint density at radius 2 is 1.96 bits per heavy atom. The second-order valence-electron chi connectivity index (χ2n) is 5.66. The summed E-state index contributed by atoms with van der Waals surface area (Å²) in [5, 5.41) is 1.52. The van der Waals surface area contributed by atoms with Gasteiger partial charge in [-0.2, -0.15) is 0 Å². The molecule has 0 aliphatic carbocycles. The van der Waals surface area contributed by atoms with Crippen molar-refractivity contribution in [2.24, 2.45) is 0 Å². The minimum Gasteiger partial charge on any atom is -0.329 e. The maximum atomic E-state index is 12.9. The van der Waals surface area contributed by atoms with Gasteiger partial charge < -0.3 is 4.90 Å². The van der Waals surface area contributed by atoms with E-state index in [0.717, 1.165) is 29.9 Å². The molecule has 0 bridgehead atoms. The standard InChI is InChI=1S/C18H15ClN2OS/c19-13-7-2-1-6-12(13)18(22)21-11-5-9-15(21)17-20-14-8-3-4-10-16(14)23-17/h1-4,6-8,10,15H,5,9,11H2/t15-/m0/s1. The highest BCUT2D eigenvalue weighted by molar-refractivity contribution is 7.18. The van der Waals surface area contributed by atoms with E-state index in [4.69, 9.17) is 16.6 Å². The zero-order valence-corrected chi connectivity index (χ0v) is 14.0. The summed E-state index contributed by atoms with van der Waals surface area (Å²) in [6, 6.07) is 15.4. The average Bonchev–Trinajstić information content (AvgIpc) is 3.21. The predicted molar refractivity (Wildman–Crippen MR) is 94.1 cm³/mol. The zero-order chi connectivity index (χ0) is 15.8. The van der Waals surface area contributed by atoms with Gasteiger partial charge in [-0.15, -0.1) is 11.3 Å². The van der Waals surface area contributed by atoms with Gasteiger partial charge in [-0.25, -0.2) is 4.98 Å². The van der Waals surface area contributed by atoms with Crippen molar-refractivity contribution in [3.63, 3.8) is 0 Å². The highest BCUT2D eigenvalue weighted by Gasteiger charge is 2.33. The van der Waals surface area contributed by atoms with Gasteiger partial charge in [0.25, 0.3) is 5.91 Å². The van der Waals surface area contributed by atoms with Crippen LogP contribution in [0, 0.1) is 0 Å². The summed E-state index contributed by atoms with van der Waals surface area (Å²) in [4.78, 5) is 19.5. The molecule has 1 aliphatic heterocycles. The quantitative estimate of drug-likeness (QED) is 0.661. The van der Waals surface area contributed by atoms with E-state index in [1.807, 2.05) is 35.2 Å². The first-order chi connectivity index (χ1) is 11.2. The highest BCUT2D eigenvalue weighted by Crippen LogP contribution is 2.37. The molecule has 0 radical (unpaired) electrons. The summed E-state index contributed by atoms with van der Waals surface area (Å²) >= 11 is 7.87. The van der Waals surface area contributed by atoms with Crippen molar-refractivity contribution in [3.05, 3.63) is 64.1 Å². The Kier molecular flexibility index (Phi) is 3.79. The Labute approximate surface area is 143 Å². The molecule has 0 N–H and O–H groups in total. The fourth-order valence-electron chi connectivity index (χ4n) is 3.09. The molecular formula is C18H15ClN2OS. The van der Waals surface area contributed by atoms with Crippen molar-refractivity contribution < 1.29 is 4.79 Å². The van der Waals surface area contributed by atoms with E-state index in [9.17, 15) is 4.79 Å². The third-order valence-electron chi connectivity index (χ3n) is 4.21. The highest BCUT2D eigenvalue weighted by atomic mass is 35.5. The minimum absolute atomic E-state index is 0.00245. The minimum atomic E-state index is -0.00245. The molecule has 1 aromatic heterocycles. The van der Waals surface area contributed by atoms with Gasteiger partial charge >= 0.3 is 0 Å². The van der Waals surface area contributed by atoms with Gasteiger partial charge in [0.15, 0.2) is 0 Å². The van der Waals surface area contributed by atoms with Crippen LogP contribution in [0.25, 0.3) is 10.2 Å². The van der Waals surface area contributed by atoms with Crippen LogP contribution >= 0.6 is 22.9 Å². The molecule has 1 atom stereocenters. The van der Waals surface area contributed by atoms with Crippen LogP contribution in [0.15, 0.2) is 48.5 Å². The number of carbonyl (C=O) groups excluding carboxylic acids is 1. The maximum Gasteiger partial charge on any atom is 0.255 e. The van der Waals surface area contributed by atoms with Gasteiger partial charge in [0, 0.05) is 6.54 Å². The van der Waals surface area contributed by atoms with Gasteiger partial charge in [-0.05, 0) is 37.1 Å². The van der Waals surface area contributed by atoms with Crippen LogP contribution in [-0.4, -0.2) is 22.3 Å². The summed E-state index contributed by atoms with van der Waals surface area (Å²) in [5.41, 5.74) is 1.58. The molecule has 5 heteroatoms. The molecule has 1 fully saturated rings. The zero-order valence-electron chi connectivity index (χ0n) is 12.4. The Morgan fingerprint density at radius 1 is 1.17 bits per heavy atom. The lowest BCUT2D eigenvalue weighted by Crippen LogP contribution is -2.30. The molecule has 1 amide bonds. The molecule has 0 saturated carbocycles. The fraction of sp³-hybridized carbons (Fsp3) is 0.222. The first kappa shape index (κ1) is 14.7. The van der Waals surface area contributed by atoms with Crippen molar-refractivity contribution in [2.45, 2.75) is 18.9 Å². The molecule has 0 unspecified atom stereocenters. The molecule has 23 heavy (non-hydrogen) atoms. The largest absolute Gasteiger partial charge is 0.329 e. The number of halogens is 1. The molecule has 0 spiro atoms. The molecule has 1 saturated heterocycles. The van der Waals surface area contributed by atoms with Crippen molar-refractivity contribution in [1.82, 2.24) is 9.88 Å². The molecule has 4 rings (SSSR count). The Hall–Kier alpha value is -1.91. The van der Waals surface area contributed by atoms with Crippen LogP contribution in [0.3, 0.4) is 0 Å². The molecule has 3 nitrogen and oxygen atoms in total. The lowest BCUT2D eigenvalue weighted by molar-refractivity contribution is 0.0736. The smallest absolute Gasteiger partial charge is 0.255 e. The van der Waals surface area contributed by atoms with Gasteiger partial charge in [0.1, 0.15) is 5.01 Å². The lowest BCUT2D eigenvalue weighted by Gasteiger charge is -2.23. The van der Waals surface area contributed by atoms with Crippen LogP contribution in [-0.2, 0) is 0 Å². The number of fused-ring (bicyclic) bond motifs is 1. The number of thiazole rings is 1. The summed E-state index contributed by atoms with van der Waals surface area (Å²) in [6.07, 6.45) is 1.95. The SMILES string of the molecule is O=C(c1ccccc1Cl)N1CCC[C@H]1c1nc2ccccc2s1. The molecule has 2 aromatic carbocycles. The monoisotopic (exact) mass is 342 g/mol. The summed E-state index contributed by atoms with van der Waals surface area (Å²) < 4.78 is 1.17. The molecule has 116 valence electrons. The number of hydrogen-bond donors (Lipinski definition) is 0. The van der Waals surface area contributed by atoms with E-state index in [2.05, 4.69) is 6.07 Å². The predicted octanol–water partition coefficient (Wildman–Crippen LogP) is 4.93. The third kappa shape index (κ3) is 2.62. The number of hydrogen-bond acceptors (Lipinski definition) is 3. The number of para-hydroxylation sites is 1. The second-order valence-corrected chi connectivity index (χ2v) is 7.13. The molecule has 1 aliphatic rings. The number of amides is 1. The Morgan fingerprint density at radius 3 is 2.78 bits per heavy atom. The van der Waals surface area contributed by atoms with E-state index in [1.54, 1.807) is 23.5 Å². The second kappa shape index (κ2) is 5.95. The van der Waals surface area contributed by atoms with Crippen molar-refractivity contribution >= 4 is 39.1 Å². The fourth-order valence-corrected chi connectivity index (χ4v) is 4.42. The number of nitrogens with zero attached hydrogens (tertiary/aromatic N) is 2. The van der Waals surface area contributed by atoms with Gasteiger partial charge in [0.2, 0.25) is 0 Å². The molecule has 3 aromatic rings. The van der Waals surface area contributed by atoms with E-state index in [1.165, 1.54) is 4.70 Å². The van der Waals surface area contributed by atoms with E-state index in [-0.39, 0.29) is 11.9 Å². The first-order valence-electron chi connectivity index (χ1n) is 7.65. The normalized spacial score (nSPS) is 17.8. The number of rotatable bonds is 2. The lowest BCUT2D eigenvalue weighted by atomic mass is 10.1. The summed E-state index contributed by atoms with van der Waals surface area (Å²) in [6.45, 7) is 0.755. The van der Waals surface area contributed by atoms with Crippen LogP contribution in [0.4, 0.5) is 0 Å². The average molecular weight is 343 g/mol. The van der Waals surface area contributed by atoms with Crippen molar-refractivity contribution in [2.75, 3.05) is 6.54 Å². The number of likely N-dealkylation sites (tertiary alicyclic amines) is 1. The van der Waals surface area contributed by atoms with Gasteiger partial charge in [0.05, 0.1) is 26.8 Å². The van der Waals surface area contributed by atoms with Crippen molar-refractivity contribution in [1.29, 1.82) is 0 Å². The van der Waals surface area contributed by atoms with Crippen LogP contribution in [0.1, 0.15) is 34.2 Å². The topological polar surface area (TPSA) is 33.2 Å². The number of carbonyl (C=O) groups is 1. The third-order valence-corrected chi connectivity index (χ3v) is 5.68. The first-order valence-corrected chi connectivity index (χ1v) is 8.84. The van der Waals surface area contributed by atoms with E-state index >= 15 is 0 Å². The Bertz CT molecular complexity index is 843. The Balaban J connectivity index is 1.69. The number of benzene rings is 2. The summed E-state index contributed by atoms with van der Waals surface area (Å²) in [7, 11) is 0. The van der Waals surface area contributed by atoms with Gasteiger partial charge in [-0.3, -0.25) is 4.79 Å². The van der Waals surface area contributed by atoms with Crippen molar-refractivity contribution in [3.8, 4) is 0 Å². The molecule has 2 heterocycles. The van der Waals surface area contributed by atoms with Crippen LogP contribution < -0.4 is 0 Å². The number of aromatic nitrogens is 1. The van der Waals surface area contributed by atoms with E-state index < -0.39 is 0 Å². The van der Waals surface area contributed by atoms with Crippen LogP contribution in [0.5, 0.6) is 0 Å². The van der Waals surface area contributed by atoms with Gasteiger partial charge in [-0.1, -0.05) is 35.9 Å². The summed E-state index contributed by atoms with van der Waals surface area (Å²) in [5.74, 6) is -0.00245. The maximum absolute atomic E-state index is 12.9. The van der Waals surface area contributed by atoms with E-state index in [0.29, 0.717) is 10.6 Å².